The fourth-order valence-corrected chi connectivity index (χ4v) is 4.07. The summed E-state index contributed by atoms with van der Waals surface area (Å²) in [5.41, 5.74) is 2.95. The van der Waals surface area contributed by atoms with Crippen molar-refractivity contribution >= 4 is 5.78 Å². The first kappa shape index (κ1) is 18.4. The first-order chi connectivity index (χ1) is 11.8. The standard InChI is InChI=1S/C21H30O4/c1-13(2)6-5-7-14(3)10-15-12-21(4)19(24-15)11-16-18(25-21)9-8-17(22)20(16)23/h6,10,15,17,19,22H,5,7-9,11-12H2,1-4H3. The molecule has 2 heterocycles. The number of carbonyl (C=O) groups excluding carboxylic acids is 1. The Kier molecular flexibility index (Phi) is 5.21. The van der Waals surface area contributed by atoms with E-state index >= 15 is 0 Å². The van der Waals surface area contributed by atoms with Gasteiger partial charge in [-0.3, -0.25) is 4.79 Å². The Balaban J connectivity index is 1.66. The van der Waals surface area contributed by atoms with Crippen molar-refractivity contribution in [1.82, 2.24) is 0 Å². The topological polar surface area (TPSA) is 55.8 Å². The van der Waals surface area contributed by atoms with Crippen LogP contribution in [0.5, 0.6) is 0 Å². The number of rotatable bonds is 4. The van der Waals surface area contributed by atoms with Crippen LogP contribution in [0.1, 0.15) is 66.2 Å². The van der Waals surface area contributed by atoms with E-state index in [-0.39, 0.29) is 23.6 Å². The quantitative estimate of drug-likeness (QED) is 0.782. The molecule has 1 saturated heterocycles. The van der Waals surface area contributed by atoms with Crippen LogP contribution in [-0.4, -0.2) is 34.8 Å². The molecule has 4 atom stereocenters. The van der Waals surface area contributed by atoms with Gasteiger partial charge in [-0.15, -0.1) is 0 Å². The second kappa shape index (κ2) is 7.08. The molecule has 4 unspecified atom stereocenters. The fraction of sp³-hybridized carbons (Fsp3) is 0.667. The lowest BCUT2D eigenvalue weighted by atomic mass is 9.82. The van der Waals surface area contributed by atoms with Gasteiger partial charge in [0.25, 0.3) is 0 Å². The summed E-state index contributed by atoms with van der Waals surface area (Å²) in [5, 5.41) is 9.82. The molecule has 0 aromatic carbocycles. The van der Waals surface area contributed by atoms with Gasteiger partial charge in [-0.2, -0.15) is 0 Å². The number of aliphatic hydroxyl groups excluding tert-OH is 1. The van der Waals surface area contributed by atoms with Gasteiger partial charge in [-0.05, 0) is 47.0 Å². The normalized spacial score (nSPS) is 35.2. The van der Waals surface area contributed by atoms with Crippen molar-refractivity contribution in [2.45, 2.75) is 90.1 Å². The molecule has 0 bridgehead atoms. The molecule has 0 saturated carbocycles. The van der Waals surface area contributed by atoms with E-state index in [9.17, 15) is 9.90 Å². The van der Waals surface area contributed by atoms with E-state index in [1.54, 1.807) is 0 Å². The Morgan fingerprint density at radius 3 is 2.84 bits per heavy atom. The number of ketones is 1. The fourth-order valence-electron chi connectivity index (χ4n) is 4.07. The molecule has 0 aromatic rings. The van der Waals surface area contributed by atoms with Gasteiger partial charge in [0.2, 0.25) is 0 Å². The minimum Gasteiger partial charge on any atom is -0.489 e. The molecular formula is C21H30O4. The van der Waals surface area contributed by atoms with E-state index in [1.807, 2.05) is 0 Å². The van der Waals surface area contributed by atoms with Gasteiger partial charge in [-0.25, -0.2) is 0 Å². The lowest BCUT2D eigenvalue weighted by Crippen LogP contribution is -2.45. The highest BCUT2D eigenvalue weighted by Crippen LogP contribution is 2.46. The number of allylic oxidation sites excluding steroid dienone is 4. The average molecular weight is 346 g/mol. The molecule has 138 valence electrons. The van der Waals surface area contributed by atoms with Crippen LogP contribution >= 0.6 is 0 Å². The number of carbonyl (C=O) groups is 1. The summed E-state index contributed by atoms with van der Waals surface area (Å²) < 4.78 is 12.4. The van der Waals surface area contributed by atoms with Crippen LogP contribution in [0.25, 0.3) is 0 Å². The summed E-state index contributed by atoms with van der Waals surface area (Å²) in [4.78, 5) is 12.2. The summed E-state index contributed by atoms with van der Waals surface area (Å²) in [6.45, 7) is 8.48. The maximum atomic E-state index is 12.2. The SMILES string of the molecule is CC(C)=CCCC(C)=CC1CC2(C)OC3=C(CC2O1)C(=O)C(O)CC3. The van der Waals surface area contributed by atoms with E-state index in [0.717, 1.165) is 25.0 Å². The lowest BCUT2D eigenvalue weighted by molar-refractivity contribution is -0.129. The van der Waals surface area contributed by atoms with Gasteiger partial charge in [0.1, 0.15) is 23.6 Å². The molecule has 0 spiro atoms. The zero-order chi connectivity index (χ0) is 18.2. The molecule has 1 fully saturated rings. The summed E-state index contributed by atoms with van der Waals surface area (Å²) in [6, 6.07) is 0. The highest BCUT2D eigenvalue weighted by Gasteiger charge is 2.51. The molecule has 4 nitrogen and oxygen atoms in total. The highest BCUT2D eigenvalue weighted by atomic mass is 16.6. The number of hydrogen-bond acceptors (Lipinski definition) is 4. The third-order valence-electron chi connectivity index (χ3n) is 5.52. The Bertz CT molecular complexity index is 638. The zero-order valence-electron chi connectivity index (χ0n) is 15.8. The van der Waals surface area contributed by atoms with Crippen molar-refractivity contribution < 1.29 is 19.4 Å². The smallest absolute Gasteiger partial charge is 0.190 e. The molecule has 1 N–H and O–H groups in total. The molecule has 25 heavy (non-hydrogen) atoms. The number of Topliss-reactive ketones (excluding diaryl/α,β-unsaturated/α-hetero) is 1. The summed E-state index contributed by atoms with van der Waals surface area (Å²) in [6.07, 6.45) is 8.07. The predicted molar refractivity (Wildman–Crippen MR) is 97.1 cm³/mol. The Hall–Kier alpha value is -1.39. The van der Waals surface area contributed by atoms with Gasteiger partial charge >= 0.3 is 0 Å². The Morgan fingerprint density at radius 1 is 1.36 bits per heavy atom. The first-order valence-electron chi connectivity index (χ1n) is 9.38. The van der Waals surface area contributed by atoms with E-state index in [4.69, 9.17) is 9.47 Å². The molecular weight excluding hydrogens is 316 g/mol. The van der Waals surface area contributed by atoms with Gasteiger partial charge in [-0.1, -0.05) is 23.3 Å². The minimum atomic E-state index is -0.874. The Labute approximate surface area is 150 Å². The van der Waals surface area contributed by atoms with Crippen LogP contribution in [0.2, 0.25) is 0 Å². The van der Waals surface area contributed by atoms with Crippen molar-refractivity contribution in [3.05, 3.63) is 34.6 Å². The molecule has 0 amide bonds. The van der Waals surface area contributed by atoms with Gasteiger partial charge in [0.05, 0.1) is 6.10 Å². The van der Waals surface area contributed by atoms with Crippen LogP contribution in [0, 0.1) is 0 Å². The largest absolute Gasteiger partial charge is 0.489 e. The van der Waals surface area contributed by atoms with Crippen LogP contribution in [0.15, 0.2) is 34.6 Å². The molecule has 0 aromatic heterocycles. The van der Waals surface area contributed by atoms with E-state index in [2.05, 4.69) is 39.8 Å². The van der Waals surface area contributed by atoms with Crippen LogP contribution < -0.4 is 0 Å². The van der Waals surface area contributed by atoms with Gasteiger partial charge < -0.3 is 14.6 Å². The minimum absolute atomic E-state index is 0.0306. The number of hydrogen-bond donors (Lipinski definition) is 1. The van der Waals surface area contributed by atoms with Crippen molar-refractivity contribution in [3.63, 3.8) is 0 Å². The molecule has 0 radical (unpaired) electrons. The summed E-state index contributed by atoms with van der Waals surface area (Å²) >= 11 is 0. The van der Waals surface area contributed by atoms with Crippen molar-refractivity contribution in [1.29, 1.82) is 0 Å². The van der Waals surface area contributed by atoms with E-state index in [1.165, 1.54) is 11.1 Å². The number of fused-ring (bicyclic) bond motifs is 1. The average Bonchev–Trinajstić information content (AvgIpc) is 2.83. The molecule has 3 aliphatic rings. The van der Waals surface area contributed by atoms with Crippen LogP contribution in [0.4, 0.5) is 0 Å². The van der Waals surface area contributed by atoms with E-state index in [0.29, 0.717) is 24.8 Å². The number of aliphatic hydroxyl groups is 1. The molecule has 3 rings (SSSR count). The predicted octanol–water partition coefficient (Wildman–Crippen LogP) is 3.99. The van der Waals surface area contributed by atoms with Crippen LogP contribution in [0.3, 0.4) is 0 Å². The molecule has 2 aliphatic heterocycles. The third kappa shape index (κ3) is 3.90. The van der Waals surface area contributed by atoms with E-state index < -0.39 is 6.10 Å². The van der Waals surface area contributed by atoms with Crippen LogP contribution in [-0.2, 0) is 14.3 Å². The first-order valence-corrected chi connectivity index (χ1v) is 9.38. The monoisotopic (exact) mass is 346 g/mol. The maximum Gasteiger partial charge on any atom is 0.190 e. The third-order valence-corrected chi connectivity index (χ3v) is 5.52. The summed E-state index contributed by atoms with van der Waals surface area (Å²) in [5.74, 6) is 0.603. The highest BCUT2D eigenvalue weighted by molar-refractivity contribution is 6.00. The van der Waals surface area contributed by atoms with Gasteiger partial charge in [0.15, 0.2) is 5.78 Å². The zero-order valence-corrected chi connectivity index (χ0v) is 15.8. The van der Waals surface area contributed by atoms with Crippen molar-refractivity contribution in [2.75, 3.05) is 0 Å². The number of ether oxygens (including phenoxy) is 2. The van der Waals surface area contributed by atoms with Crippen molar-refractivity contribution in [3.8, 4) is 0 Å². The second-order valence-electron chi connectivity index (χ2n) is 8.14. The Morgan fingerprint density at radius 2 is 2.12 bits per heavy atom. The molecule has 1 aliphatic carbocycles. The molecule has 4 heteroatoms. The maximum absolute atomic E-state index is 12.2. The summed E-state index contributed by atoms with van der Waals surface area (Å²) in [7, 11) is 0. The van der Waals surface area contributed by atoms with Gasteiger partial charge in [0, 0.05) is 24.8 Å². The van der Waals surface area contributed by atoms with Crippen molar-refractivity contribution in [2.24, 2.45) is 0 Å². The lowest BCUT2D eigenvalue weighted by Gasteiger charge is -2.39. The second-order valence-corrected chi connectivity index (χ2v) is 8.14.